The Bertz CT molecular complexity index is 444. The lowest BCUT2D eigenvalue weighted by Crippen LogP contribution is -2.47. The molecule has 1 aliphatic carbocycles. The maximum absolute atomic E-state index is 5.82. The lowest BCUT2D eigenvalue weighted by Gasteiger charge is -2.37. The van der Waals surface area contributed by atoms with E-state index in [9.17, 15) is 0 Å². The summed E-state index contributed by atoms with van der Waals surface area (Å²) in [7, 11) is 2.00. The van der Waals surface area contributed by atoms with E-state index in [1.165, 1.54) is 18.4 Å². The van der Waals surface area contributed by atoms with Gasteiger partial charge >= 0.3 is 0 Å². The van der Waals surface area contributed by atoms with Crippen molar-refractivity contribution in [1.29, 1.82) is 0 Å². The fourth-order valence-corrected chi connectivity index (χ4v) is 3.46. The summed E-state index contributed by atoms with van der Waals surface area (Å²) in [5.41, 5.74) is 4.49. The topological polar surface area (TPSA) is 24.5 Å². The van der Waals surface area contributed by atoms with Crippen molar-refractivity contribution in [3.05, 3.63) is 34.9 Å². The van der Waals surface area contributed by atoms with Gasteiger partial charge in [-0.3, -0.25) is 4.90 Å². The molecule has 3 rings (SSSR count). The van der Waals surface area contributed by atoms with E-state index in [0.717, 1.165) is 26.2 Å². The third-order valence-electron chi connectivity index (χ3n) is 4.39. The molecule has 2 aliphatic rings. The summed E-state index contributed by atoms with van der Waals surface area (Å²) in [5, 5.41) is 3.23. The van der Waals surface area contributed by atoms with Crippen LogP contribution in [0.5, 0.6) is 0 Å². The highest BCUT2D eigenvalue weighted by atomic mass is 16.5. The van der Waals surface area contributed by atoms with Gasteiger partial charge < -0.3 is 10.1 Å². The molecule has 0 aromatic heterocycles. The van der Waals surface area contributed by atoms with Crippen LogP contribution in [0.1, 0.15) is 29.2 Å². The van der Waals surface area contributed by atoms with Crippen molar-refractivity contribution in [2.75, 3.05) is 33.3 Å². The SMILES string of the molecule is CNCC1CN(C2CCc3ccc(C)cc32)CCO1. The average molecular weight is 260 g/mol. The third-order valence-corrected chi connectivity index (χ3v) is 4.39. The number of nitrogens with zero attached hydrogens (tertiary/aromatic N) is 1. The van der Waals surface area contributed by atoms with E-state index in [1.54, 1.807) is 11.1 Å². The number of hydrogen-bond acceptors (Lipinski definition) is 3. The van der Waals surface area contributed by atoms with E-state index in [1.807, 2.05) is 7.05 Å². The highest BCUT2D eigenvalue weighted by Gasteiger charge is 2.31. The summed E-state index contributed by atoms with van der Waals surface area (Å²) in [6.07, 6.45) is 2.84. The van der Waals surface area contributed by atoms with Crippen LogP contribution in [0.4, 0.5) is 0 Å². The molecule has 1 aliphatic heterocycles. The Hall–Kier alpha value is -0.900. The summed E-state index contributed by atoms with van der Waals surface area (Å²) in [4.78, 5) is 2.62. The molecular weight excluding hydrogens is 236 g/mol. The molecule has 2 unspecified atom stereocenters. The maximum atomic E-state index is 5.82. The van der Waals surface area contributed by atoms with Gasteiger partial charge in [0.05, 0.1) is 12.7 Å². The quantitative estimate of drug-likeness (QED) is 0.898. The van der Waals surface area contributed by atoms with Crippen LogP contribution >= 0.6 is 0 Å². The van der Waals surface area contributed by atoms with Gasteiger partial charge in [-0.25, -0.2) is 0 Å². The number of benzene rings is 1. The molecule has 3 heteroatoms. The second kappa shape index (κ2) is 5.61. The van der Waals surface area contributed by atoms with Gasteiger partial charge in [0.15, 0.2) is 0 Å². The number of ether oxygens (including phenoxy) is 1. The largest absolute Gasteiger partial charge is 0.374 e. The van der Waals surface area contributed by atoms with Gasteiger partial charge in [0.25, 0.3) is 0 Å². The number of fused-ring (bicyclic) bond motifs is 1. The number of rotatable bonds is 3. The molecule has 1 heterocycles. The van der Waals surface area contributed by atoms with Crippen molar-refractivity contribution in [2.24, 2.45) is 0 Å². The minimum atomic E-state index is 0.340. The second-order valence-electron chi connectivity index (χ2n) is 5.80. The molecule has 0 spiro atoms. The van der Waals surface area contributed by atoms with Gasteiger partial charge in [0, 0.05) is 25.7 Å². The predicted molar refractivity (Wildman–Crippen MR) is 77.5 cm³/mol. The van der Waals surface area contributed by atoms with Crippen molar-refractivity contribution in [2.45, 2.75) is 31.9 Å². The second-order valence-corrected chi connectivity index (χ2v) is 5.80. The lowest BCUT2D eigenvalue weighted by atomic mass is 10.0. The lowest BCUT2D eigenvalue weighted by molar-refractivity contribution is -0.0415. The first kappa shape index (κ1) is 13.1. The van der Waals surface area contributed by atoms with E-state index in [2.05, 4.69) is 35.3 Å². The van der Waals surface area contributed by atoms with E-state index >= 15 is 0 Å². The molecule has 1 fully saturated rings. The Morgan fingerprint density at radius 3 is 3.16 bits per heavy atom. The fourth-order valence-electron chi connectivity index (χ4n) is 3.46. The Morgan fingerprint density at radius 1 is 1.42 bits per heavy atom. The van der Waals surface area contributed by atoms with E-state index in [4.69, 9.17) is 4.74 Å². The van der Waals surface area contributed by atoms with E-state index < -0.39 is 0 Å². The fraction of sp³-hybridized carbons (Fsp3) is 0.625. The number of likely N-dealkylation sites (N-methyl/N-ethyl adjacent to an activating group) is 1. The third kappa shape index (κ3) is 2.69. The van der Waals surface area contributed by atoms with Crippen LogP contribution in [0.2, 0.25) is 0 Å². The molecule has 104 valence electrons. The zero-order valence-corrected chi connectivity index (χ0v) is 12.0. The molecule has 2 atom stereocenters. The van der Waals surface area contributed by atoms with E-state index in [-0.39, 0.29) is 0 Å². The minimum Gasteiger partial charge on any atom is -0.374 e. The van der Waals surface area contributed by atoms with Gasteiger partial charge in [-0.15, -0.1) is 0 Å². The van der Waals surface area contributed by atoms with Gasteiger partial charge in [-0.05, 0) is 37.9 Å². The molecule has 3 nitrogen and oxygen atoms in total. The minimum absolute atomic E-state index is 0.340. The number of hydrogen-bond donors (Lipinski definition) is 1. The van der Waals surface area contributed by atoms with E-state index in [0.29, 0.717) is 12.1 Å². The number of aryl methyl sites for hydroxylation is 2. The Morgan fingerprint density at radius 2 is 2.32 bits per heavy atom. The molecule has 1 aromatic carbocycles. The van der Waals surface area contributed by atoms with Crippen LogP contribution in [0.3, 0.4) is 0 Å². The molecule has 1 saturated heterocycles. The predicted octanol–water partition coefficient (Wildman–Crippen LogP) is 1.90. The van der Waals surface area contributed by atoms with Gasteiger partial charge in [0.1, 0.15) is 0 Å². The summed E-state index contributed by atoms with van der Waals surface area (Å²) >= 11 is 0. The summed E-state index contributed by atoms with van der Waals surface area (Å²) in [6, 6.07) is 7.55. The van der Waals surface area contributed by atoms with Gasteiger partial charge in [-0.2, -0.15) is 0 Å². The molecule has 0 radical (unpaired) electrons. The first-order valence-electron chi connectivity index (χ1n) is 7.37. The zero-order chi connectivity index (χ0) is 13.2. The van der Waals surface area contributed by atoms with Crippen LogP contribution < -0.4 is 5.32 Å². The standard InChI is InChI=1S/C16H24N2O/c1-12-3-4-13-5-6-16(15(13)9-12)18-7-8-19-14(11-18)10-17-2/h3-4,9,14,16-17H,5-8,10-11H2,1-2H3. The molecule has 0 amide bonds. The van der Waals surface area contributed by atoms with Crippen molar-refractivity contribution >= 4 is 0 Å². The van der Waals surface area contributed by atoms with Crippen LogP contribution in [-0.4, -0.2) is 44.3 Å². The normalized spacial score (nSPS) is 27.5. The van der Waals surface area contributed by atoms with Crippen LogP contribution in [0.15, 0.2) is 18.2 Å². The van der Waals surface area contributed by atoms with Crippen molar-refractivity contribution in [3.8, 4) is 0 Å². The van der Waals surface area contributed by atoms with Crippen molar-refractivity contribution < 1.29 is 4.74 Å². The van der Waals surface area contributed by atoms with Gasteiger partial charge in [0.2, 0.25) is 0 Å². The van der Waals surface area contributed by atoms with Crippen molar-refractivity contribution in [3.63, 3.8) is 0 Å². The van der Waals surface area contributed by atoms with Gasteiger partial charge in [-0.1, -0.05) is 23.8 Å². The average Bonchev–Trinajstić information content (AvgIpc) is 2.82. The van der Waals surface area contributed by atoms with Crippen LogP contribution in [0.25, 0.3) is 0 Å². The Labute approximate surface area is 115 Å². The molecule has 0 saturated carbocycles. The highest BCUT2D eigenvalue weighted by Crippen LogP contribution is 2.36. The first-order chi connectivity index (χ1) is 9.28. The monoisotopic (exact) mass is 260 g/mol. The number of morpholine rings is 1. The highest BCUT2D eigenvalue weighted by molar-refractivity contribution is 5.37. The first-order valence-corrected chi connectivity index (χ1v) is 7.37. The smallest absolute Gasteiger partial charge is 0.0826 e. The Balaban J connectivity index is 1.75. The molecule has 0 bridgehead atoms. The van der Waals surface area contributed by atoms with Crippen LogP contribution in [-0.2, 0) is 11.2 Å². The summed E-state index contributed by atoms with van der Waals surface area (Å²) in [6.45, 7) is 6.13. The molecule has 1 aromatic rings. The molecule has 19 heavy (non-hydrogen) atoms. The Kier molecular flexibility index (Phi) is 3.87. The molecule has 1 N–H and O–H groups in total. The zero-order valence-electron chi connectivity index (χ0n) is 12.0. The van der Waals surface area contributed by atoms with Crippen LogP contribution in [0, 0.1) is 6.92 Å². The summed E-state index contributed by atoms with van der Waals surface area (Å²) in [5.74, 6) is 0. The number of nitrogens with one attached hydrogen (secondary N) is 1. The molecular formula is C16H24N2O. The maximum Gasteiger partial charge on any atom is 0.0826 e. The van der Waals surface area contributed by atoms with Crippen molar-refractivity contribution in [1.82, 2.24) is 10.2 Å². The summed E-state index contributed by atoms with van der Waals surface area (Å²) < 4.78 is 5.82.